The van der Waals surface area contributed by atoms with E-state index in [-0.39, 0.29) is 0 Å². The van der Waals surface area contributed by atoms with Crippen molar-refractivity contribution in [2.75, 3.05) is 6.54 Å². The maximum Gasteiger partial charge on any atom is -0.00747 e. The molecular weight excluding hydrogens is 196 g/mol. The van der Waals surface area contributed by atoms with Crippen molar-refractivity contribution in [1.82, 2.24) is 0 Å². The molecular formula is C14H24N2. The predicted molar refractivity (Wildman–Crippen MR) is 72.0 cm³/mol. The fourth-order valence-electron chi connectivity index (χ4n) is 1.49. The van der Waals surface area contributed by atoms with Crippen LogP contribution in [0.5, 0.6) is 0 Å². The number of hydrogen-bond acceptors (Lipinski definition) is 2. The Morgan fingerprint density at radius 2 is 1.81 bits per heavy atom. The molecule has 0 aliphatic carbocycles. The van der Waals surface area contributed by atoms with E-state index in [2.05, 4.69) is 49.6 Å². The zero-order valence-electron chi connectivity index (χ0n) is 10.2. The van der Waals surface area contributed by atoms with Gasteiger partial charge in [0.25, 0.3) is 0 Å². The number of aryl methyl sites for hydroxylation is 1. The van der Waals surface area contributed by atoms with Crippen molar-refractivity contribution in [3.63, 3.8) is 0 Å². The molecule has 0 bridgehead atoms. The molecule has 1 unspecified atom stereocenters. The Kier molecular flexibility index (Phi) is 9.43. The van der Waals surface area contributed by atoms with E-state index in [9.17, 15) is 0 Å². The van der Waals surface area contributed by atoms with Gasteiger partial charge < -0.3 is 11.5 Å². The fraction of sp³-hybridized carbons (Fsp3) is 0.429. The zero-order chi connectivity index (χ0) is 12.2. The predicted octanol–water partition coefficient (Wildman–Crippen LogP) is 2.69. The molecule has 1 rings (SSSR count). The van der Waals surface area contributed by atoms with Gasteiger partial charge in [0, 0.05) is 0 Å². The number of benzene rings is 1. The van der Waals surface area contributed by atoms with Crippen molar-refractivity contribution in [3.05, 3.63) is 48.7 Å². The van der Waals surface area contributed by atoms with Gasteiger partial charge in [0.1, 0.15) is 0 Å². The first-order valence-corrected chi connectivity index (χ1v) is 5.81. The van der Waals surface area contributed by atoms with Crippen LogP contribution in [0.4, 0.5) is 0 Å². The van der Waals surface area contributed by atoms with Crippen LogP contribution in [0.25, 0.3) is 0 Å². The Labute approximate surface area is 99.3 Å². The van der Waals surface area contributed by atoms with Gasteiger partial charge in [0.15, 0.2) is 0 Å². The molecule has 0 saturated heterocycles. The lowest BCUT2D eigenvalue weighted by molar-refractivity contribution is 0.500. The van der Waals surface area contributed by atoms with E-state index in [1.165, 1.54) is 24.6 Å². The topological polar surface area (TPSA) is 52.0 Å². The largest absolute Gasteiger partial charge is 0.405 e. The molecule has 16 heavy (non-hydrogen) atoms. The second-order valence-corrected chi connectivity index (χ2v) is 3.94. The third kappa shape index (κ3) is 8.06. The summed E-state index contributed by atoms with van der Waals surface area (Å²) in [5.74, 6) is 0.755. The van der Waals surface area contributed by atoms with Gasteiger partial charge in [0.05, 0.1) is 0 Å². The Hall–Kier alpha value is -1.28. The van der Waals surface area contributed by atoms with Gasteiger partial charge in [0.2, 0.25) is 0 Å². The molecule has 0 aliphatic rings. The van der Waals surface area contributed by atoms with E-state index in [4.69, 9.17) is 5.73 Å². The number of nitrogens with two attached hydrogens (primary N) is 2. The molecule has 0 spiro atoms. The van der Waals surface area contributed by atoms with E-state index in [0.717, 1.165) is 18.9 Å². The Balaban J connectivity index is 0.000000673. The fourth-order valence-corrected chi connectivity index (χ4v) is 1.49. The molecule has 0 amide bonds. The summed E-state index contributed by atoms with van der Waals surface area (Å²) in [6, 6.07) is 10.6. The lowest BCUT2D eigenvalue weighted by atomic mass is 9.98. The highest BCUT2D eigenvalue weighted by atomic mass is 14.5. The van der Waals surface area contributed by atoms with Crippen LogP contribution in [-0.4, -0.2) is 6.54 Å². The van der Waals surface area contributed by atoms with Crippen LogP contribution in [0, 0.1) is 5.92 Å². The van der Waals surface area contributed by atoms with Crippen LogP contribution in [-0.2, 0) is 6.42 Å². The lowest BCUT2D eigenvalue weighted by Gasteiger charge is -2.08. The van der Waals surface area contributed by atoms with Crippen LogP contribution < -0.4 is 11.5 Å². The molecule has 2 nitrogen and oxygen atoms in total. The van der Waals surface area contributed by atoms with Crippen LogP contribution in [0.3, 0.4) is 0 Å². The third-order valence-electron chi connectivity index (χ3n) is 2.43. The molecule has 90 valence electrons. The SMILES string of the molecule is C=CN.CC(CCN)CCc1ccccc1. The quantitative estimate of drug-likeness (QED) is 0.801. The van der Waals surface area contributed by atoms with E-state index in [0.29, 0.717) is 0 Å². The summed E-state index contributed by atoms with van der Waals surface area (Å²) < 4.78 is 0. The van der Waals surface area contributed by atoms with E-state index in [1.807, 2.05) is 0 Å². The summed E-state index contributed by atoms with van der Waals surface area (Å²) >= 11 is 0. The van der Waals surface area contributed by atoms with Crippen molar-refractivity contribution < 1.29 is 0 Å². The second kappa shape index (κ2) is 10.2. The number of rotatable bonds is 5. The van der Waals surface area contributed by atoms with Crippen LogP contribution in [0.2, 0.25) is 0 Å². The summed E-state index contributed by atoms with van der Waals surface area (Å²) in [6.07, 6.45) is 4.83. The highest BCUT2D eigenvalue weighted by molar-refractivity contribution is 5.14. The van der Waals surface area contributed by atoms with Crippen molar-refractivity contribution in [1.29, 1.82) is 0 Å². The molecule has 1 aromatic rings. The minimum atomic E-state index is 0.755. The average molecular weight is 220 g/mol. The maximum absolute atomic E-state index is 5.50. The lowest BCUT2D eigenvalue weighted by Crippen LogP contribution is -2.06. The molecule has 0 radical (unpaired) electrons. The van der Waals surface area contributed by atoms with Gasteiger partial charge in [-0.2, -0.15) is 0 Å². The molecule has 1 atom stereocenters. The highest BCUT2D eigenvalue weighted by Gasteiger charge is 2.00. The average Bonchev–Trinajstić information content (AvgIpc) is 2.29. The van der Waals surface area contributed by atoms with Crippen LogP contribution >= 0.6 is 0 Å². The summed E-state index contributed by atoms with van der Waals surface area (Å²) in [6.45, 7) is 6.23. The molecule has 0 aliphatic heterocycles. The molecule has 0 fully saturated rings. The van der Waals surface area contributed by atoms with Crippen molar-refractivity contribution in [3.8, 4) is 0 Å². The first-order chi connectivity index (χ1) is 7.74. The summed E-state index contributed by atoms with van der Waals surface area (Å²) in [4.78, 5) is 0. The Bertz CT molecular complexity index is 257. The minimum absolute atomic E-state index is 0.755. The van der Waals surface area contributed by atoms with E-state index in [1.54, 1.807) is 0 Å². The van der Waals surface area contributed by atoms with Gasteiger partial charge in [-0.3, -0.25) is 0 Å². The molecule has 0 saturated carbocycles. The highest BCUT2D eigenvalue weighted by Crippen LogP contribution is 2.11. The van der Waals surface area contributed by atoms with Gasteiger partial charge >= 0.3 is 0 Å². The molecule has 4 N–H and O–H groups in total. The normalized spacial score (nSPS) is 11.1. The maximum atomic E-state index is 5.50. The van der Waals surface area contributed by atoms with Crippen LogP contribution in [0.1, 0.15) is 25.3 Å². The monoisotopic (exact) mass is 220 g/mol. The summed E-state index contributed by atoms with van der Waals surface area (Å²) in [7, 11) is 0. The molecule has 0 aromatic heterocycles. The third-order valence-corrected chi connectivity index (χ3v) is 2.43. The summed E-state index contributed by atoms with van der Waals surface area (Å²) in [5, 5.41) is 0. The van der Waals surface area contributed by atoms with Gasteiger partial charge in [-0.1, -0.05) is 43.8 Å². The Morgan fingerprint density at radius 1 is 1.25 bits per heavy atom. The number of hydrogen-bond donors (Lipinski definition) is 2. The smallest absolute Gasteiger partial charge is 0.00747 e. The second-order valence-electron chi connectivity index (χ2n) is 3.94. The Morgan fingerprint density at radius 3 is 2.31 bits per heavy atom. The van der Waals surface area contributed by atoms with E-state index >= 15 is 0 Å². The molecule has 2 heteroatoms. The van der Waals surface area contributed by atoms with Crippen LogP contribution in [0.15, 0.2) is 43.1 Å². The summed E-state index contributed by atoms with van der Waals surface area (Å²) in [5.41, 5.74) is 11.5. The minimum Gasteiger partial charge on any atom is -0.405 e. The van der Waals surface area contributed by atoms with Gasteiger partial charge in [-0.05, 0) is 43.5 Å². The first kappa shape index (κ1) is 14.7. The van der Waals surface area contributed by atoms with Gasteiger partial charge in [-0.25, -0.2) is 0 Å². The zero-order valence-corrected chi connectivity index (χ0v) is 10.2. The van der Waals surface area contributed by atoms with Gasteiger partial charge in [-0.15, -0.1) is 0 Å². The van der Waals surface area contributed by atoms with Crippen molar-refractivity contribution >= 4 is 0 Å². The van der Waals surface area contributed by atoms with E-state index < -0.39 is 0 Å². The van der Waals surface area contributed by atoms with Crippen molar-refractivity contribution in [2.45, 2.75) is 26.2 Å². The molecule has 0 heterocycles. The van der Waals surface area contributed by atoms with Crippen molar-refractivity contribution in [2.24, 2.45) is 17.4 Å². The molecule has 1 aromatic carbocycles. The first-order valence-electron chi connectivity index (χ1n) is 5.81. The standard InChI is InChI=1S/C12H19N.C2H5N/c1-11(9-10-13)7-8-12-5-3-2-4-6-12;1-2-3/h2-6,11H,7-10,13H2,1H3;2H,1,3H2.